The maximum absolute atomic E-state index is 7.01. The molecule has 0 spiro atoms. The molecule has 0 amide bonds. The van der Waals surface area contributed by atoms with Crippen LogP contribution in [0.5, 0.6) is 0 Å². The van der Waals surface area contributed by atoms with E-state index in [1.54, 1.807) is 20.8 Å². The van der Waals surface area contributed by atoms with Gasteiger partial charge in [-0.3, -0.25) is 0 Å². The Morgan fingerprint density at radius 1 is 1.71 bits per heavy atom. The molecule has 0 N–H and O–H groups in total. The van der Waals surface area contributed by atoms with Crippen molar-refractivity contribution in [3.63, 3.8) is 0 Å². The summed E-state index contributed by atoms with van der Waals surface area (Å²) in [4.78, 5) is -0.731. The highest BCUT2D eigenvalue weighted by molar-refractivity contribution is 6.24. The summed E-state index contributed by atoms with van der Waals surface area (Å²) in [5.41, 5.74) is 0. The molecule has 0 saturated heterocycles. The van der Waals surface area contributed by atoms with Gasteiger partial charge >= 0.3 is 0 Å². The maximum atomic E-state index is 7.01. The number of hydrogen-bond donors (Lipinski definition) is 0. The van der Waals surface area contributed by atoms with Crippen molar-refractivity contribution < 1.29 is 4.11 Å². The third kappa shape index (κ3) is 2.81. The molecule has 0 heterocycles. The average molecular weight is 123 g/mol. The molecule has 0 radical (unpaired) electrons. The molecular weight excluding hydrogens is 108 g/mol. The fraction of sp³-hybridized carbons (Fsp3) is 0.833. The Hall–Kier alpha value is 0.160. The highest BCUT2D eigenvalue weighted by Crippen LogP contribution is 2.24. The van der Waals surface area contributed by atoms with Gasteiger partial charge in [0.15, 0.2) is 4.87 Å². The lowest BCUT2D eigenvalue weighted by atomic mass is 10.00. The Labute approximate surface area is 55.1 Å². The second-order valence-corrected chi connectivity index (χ2v) is 3.04. The van der Waals surface area contributed by atoms with Crippen LogP contribution in [0.25, 0.3) is 0 Å². The lowest BCUT2D eigenvalue weighted by Gasteiger charge is -2.08. The number of rotatable bonds is 1. The van der Waals surface area contributed by atoms with Crippen molar-refractivity contribution in [3.8, 4) is 0 Å². The van der Waals surface area contributed by atoms with E-state index in [2.05, 4.69) is 0 Å². The summed E-state index contributed by atoms with van der Waals surface area (Å²) in [7, 11) is 0. The van der Waals surface area contributed by atoms with Gasteiger partial charge < -0.3 is 0 Å². The van der Waals surface area contributed by atoms with Crippen LogP contribution in [0.1, 0.15) is 31.7 Å². The largest absolute Gasteiger partial charge is 0.177 e. The first-order chi connectivity index (χ1) is 4.15. The van der Waals surface area contributed by atoms with Crippen LogP contribution < -0.4 is 0 Å². The van der Waals surface area contributed by atoms with Crippen molar-refractivity contribution in [3.05, 3.63) is 5.92 Å². The van der Waals surface area contributed by atoms with E-state index in [9.17, 15) is 0 Å². The molecule has 0 nitrogen and oxygen atoms in total. The van der Waals surface area contributed by atoms with Gasteiger partial charge in [0.25, 0.3) is 0 Å². The Bertz CT molecular complexity index is 97.1. The summed E-state index contributed by atoms with van der Waals surface area (Å²) >= 11 is 5.77. The van der Waals surface area contributed by atoms with E-state index >= 15 is 0 Å². The molecule has 0 aliphatic rings. The van der Waals surface area contributed by atoms with Crippen LogP contribution in [0.4, 0.5) is 0 Å². The zero-order valence-corrected chi connectivity index (χ0v) is 5.63. The zero-order valence-electron chi connectivity index (χ0n) is 7.88. The fourth-order valence-electron chi connectivity index (χ4n) is 0. The molecule has 0 fully saturated rings. The highest BCUT2D eigenvalue weighted by Gasteiger charge is 2.28. The average Bonchev–Trinajstić information content (AvgIpc) is 1.59. The standard InChI is InChI=1S/C6H12Cl/c1-5(2)6(3,4)7/h1-4H3/q+1/i1D3. The SMILES string of the molecule is [2H]C([2H])([2H])[C+](C)C(C)(C)Cl. The predicted molar refractivity (Wildman–Crippen MR) is 34.5 cm³/mol. The Kier molecular flexibility index (Phi) is 0.904. The maximum Gasteiger partial charge on any atom is 0.177 e. The van der Waals surface area contributed by atoms with Crippen molar-refractivity contribution >= 4 is 11.6 Å². The molecule has 0 rings (SSSR count). The molecule has 0 atom stereocenters. The normalized spacial score (nSPS) is 19.7. The molecule has 7 heavy (non-hydrogen) atoms. The minimum atomic E-state index is -2.02. The van der Waals surface area contributed by atoms with Gasteiger partial charge in [0.1, 0.15) is 5.92 Å². The lowest BCUT2D eigenvalue weighted by molar-refractivity contribution is 0.713. The molecule has 0 aliphatic heterocycles. The molecule has 0 saturated carbocycles. The van der Waals surface area contributed by atoms with E-state index in [-0.39, 0.29) is 0 Å². The van der Waals surface area contributed by atoms with Gasteiger partial charge in [-0.25, -0.2) is 0 Å². The lowest BCUT2D eigenvalue weighted by Crippen LogP contribution is -2.16. The van der Waals surface area contributed by atoms with Gasteiger partial charge in [-0.15, -0.1) is 0 Å². The highest BCUT2D eigenvalue weighted by atomic mass is 35.5. The molecule has 0 bridgehead atoms. The first-order valence-corrected chi connectivity index (χ1v) is 2.57. The fourth-order valence-corrected chi connectivity index (χ4v) is 0. The van der Waals surface area contributed by atoms with Gasteiger partial charge in [0.2, 0.25) is 0 Å². The van der Waals surface area contributed by atoms with Crippen LogP contribution in [-0.4, -0.2) is 4.87 Å². The Morgan fingerprint density at radius 2 is 2.14 bits per heavy atom. The first-order valence-electron chi connectivity index (χ1n) is 3.69. The van der Waals surface area contributed by atoms with Gasteiger partial charge in [-0.2, -0.15) is 0 Å². The van der Waals surface area contributed by atoms with E-state index in [1.807, 2.05) is 0 Å². The van der Waals surface area contributed by atoms with Crippen LogP contribution in [0.3, 0.4) is 0 Å². The van der Waals surface area contributed by atoms with E-state index in [1.165, 1.54) is 0 Å². The predicted octanol–water partition coefficient (Wildman–Crippen LogP) is 2.62. The van der Waals surface area contributed by atoms with Gasteiger partial charge in [-0.05, 0) is 13.8 Å². The third-order valence-corrected chi connectivity index (χ3v) is 1.18. The molecule has 0 aromatic rings. The molecular formula is C6H12Cl+. The minimum absolute atomic E-state index is 0.335. The second-order valence-electron chi connectivity index (χ2n) is 2.10. The van der Waals surface area contributed by atoms with Crippen LogP contribution in [0.2, 0.25) is 0 Å². The smallest absolute Gasteiger partial charge is 0.0674 e. The van der Waals surface area contributed by atoms with Crippen molar-refractivity contribution in [1.29, 1.82) is 0 Å². The van der Waals surface area contributed by atoms with Gasteiger partial charge in [0.05, 0.1) is 17.9 Å². The van der Waals surface area contributed by atoms with E-state index in [0.29, 0.717) is 5.92 Å². The van der Waals surface area contributed by atoms with Crippen molar-refractivity contribution in [2.24, 2.45) is 0 Å². The molecule has 0 aliphatic carbocycles. The van der Waals surface area contributed by atoms with Crippen LogP contribution >= 0.6 is 11.6 Å². The molecule has 1 heteroatoms. The topological polar surface area (TPSA) is 0 Å². The van der Waals surface area contributed by atoms with Gasteiger partial charge in [0, 0.05) is 0 Å². The van der Waals surface area contributed by atoms with E-state index < -0.39 is 11.7 Å². The summed E-state index contributed by atoms with van der Waals surface area (Å²) in [6.45, 7) is 2.89. The van der Waals surface area contributed by atoms with Crippen LogP contribution in [0, 0.1) is 5.92 Å². The van der Waals surface area contributed by atoms with E-state index in [4.69, 9.17) is 15.7 Å². The minimum Gasteiger partial charge on any atom is -0.0674 e. The number of hydrogen-bond acceptors (Lipinski definition) is 0. The number of halogens is 1. The molecule has 0 aromatic heterocycles. The summed E-state index contributed by atoms with van der Waals surface area (Å²) in [5.74, 6) is 0.335. The van der Waals surface area contributed by atoms with Crippen LogP contribution in [0.15, 0.2) is 0 Å². The van der Waals surface area contributed by atoms with Crippen molar-refractivity contribution in [1.82, 2.24) is 0 Å². The summed E-state index contributed by atoms with van der Waals surface area (Å²) in [6, 6.07) is 0. The summed E-state index contributed by atoms with van der Waals surface area (Å²) in [5, 5.41) is 0. The second kappa shape index (κ2) is 1.95. The van der Waals surface area contributed by atoms with E-state index in [0.717, 1.165) is 0 Å². The summed E-state index contributed by atoms with van der Waals surface area (Å²) in [6.07, 6.45) is 0. The third-order valence-electron chi connectivity index (χ3n) is 0.892. The van der Waals surface area contributed by atoms with Gasteiger partial charge in [-0.1, -0.05) is 11.6 Å². The molecule has 0 unspecified atom stereocenters. The van der Waals surface area contributed by atoms with Crippen molar-refractivity contribution in [2.75, 3.05) is 0 Å². The zero-order chi connectivity index (χ0) is 8.58. The molecule has 0 aromatic carbocycles. The van der Waals surface area contributed by atoms with Crippen molar-refractivity contribution in [2.45, 2.75) is 32.5 Å². The number of alkyl halides is 1. The molecule has 42 valence electrons. The first kappa shape index (κ1) is 3.24. The summed E-state index contributed by atoms with van der Waals surface area (Å²) < 4.78 is 21.0. The monoisotopic (exact) mass is 122 g/mol. The Morgan fingerprint density at radius 3 is 2.14 bits per heavy atom. The quantitative estimate of drug-likeness (QED) is 0.371. The van der Waals surface area contributed by atoms with Crippen LogP contribution in [-0.2, 0) is 0 Å². The Balaban J connectivity index is 4.23.